The van der Waals surface area contributed by atoms with Gasteiger partial charge >= 0.3 is 0 Å². The summed E-state index contributed by atoms with van der Waals surface area (Å²) in [7, 11) is 0. The molecule has 2 heteroatoms. The van der Waals surface area contributed by atoms with Crippen molar-refractivity contribution in [1.82, 2.24) is 0 Å². The summed E-state index contributed by atoms with van der Waals surface area (Å²) in [5, 5.41) is 0. The van der Waals surface area contributed by atoms with Crippen molar-refractivity contribution >= 4 is 11.6 Å². The maximum absolute atomic E-state index is 13.1. The SMILES string of the molecule is C[C@@]12C(=O)C[C@@H](c3ccccc3)[C@]1(C)C(=O)C[C@H]2c1ccccc1. The van der Waals surface area contributed by atoms with Gasteiger partial charge in [-0.2, -0.15) is 0 Å². The van der Waals surface area contributed by atoms with E-state index in [1.807, 2.05) is 50.2 Å². The Bertz CT molecular complexity index is 726. The van der Waals surface area contributed by atoms with E-state index < -0.39 is 10.8 Å². The van der Waals surface area contributed by atoms with Crippen LogP contribution in [0.2, 0.25) is 0 Å². The highest BCUT2D eigenvalue weighted by atomic mass is 16.1. The fourth-order valence-corrected chi connectivity index (χ4v) is 5.17. The van der Waals surface area contributed by atoms with Gasteiger partial charge in [0.05, 0.1) is 0 Å². The highest BCUT2D eigenvalue weighted by Gasteiger charge is 2.70. The molecule has 2 aromatic carbocycles. The van der Waals surface area contributed by atoms with Gasteiger partial charge in [-0.3, -0.25) is 9.59 Å². The fourth-order valence-electron chi connectivity index (χ4n) is 5.17. The molecule has 0 N–H and O–H groups in total. The zero-order chi connectivity index (χ0) is 16.9. The molecule has 2 aromatic rings. The van der Waals surface area contributed by atoms with Gasteiger partial charge in [0.25, 0.3) is 0 Å². The summed E-state index contributed by atoms with van der Waals surface area (Å²) in [5.41, 5.74) is 0.982. The van der Waals surface area contributed by atoms with E-state index in [9.17, 15) is 9.59 Å². The van der Waals surface area contributed by atoms with E-state index in [1.54, 1.807) is 0 Å². The molecule has 2 saturated carbocycles. The minimum atomic E-state index is -0.619. The average Bonchev–Trinajstić information content (AvgIpc) is 2.96. The summed E-state index contributed by atoms with van der Waals surface area (Å²) >= 11 is 0. The lowest BCUT2D eigenvalue weighted by Crippen LogP contribution is -2.41. The Balaban J connectivity index is 1.86. The first-order valence-electron chi connectivity index (χ1n) is 8.66. The quantitative estimate of drug-likeness (QED) is 0.816. The zero-order valence-corrected chi connectivity index (χ0v) is 14.2. The minimum absolute atomic E-state index is 0.0163. The highest BCUT2D eigenvalue weighted by molar-refractivity contribution is 6.04. The molecule has 0 amide bonds. The van der Waals surface area contributed by atoms with Gasteiger partial charge in [0.1, 0.15) is 11.6 Å². The van der Waals surface area contributed by atoms with Crippen molar-refractivity contribution in [3.8, 4) is 0 Å². The van der Waals surface area contributed by atoms with Crippen molar-refractivity contribution in [2.45, 2.75) is 38.5 Å². The third-order valence-electron chi connectivity index (χ3n) is 6.81. The van der Waals surface area contributed by atoms with Crippen LogP contribution in [0.15, 0.2) is 60.7 Å². The maximum Gasteiger partial charge on any atom is 0.141 e. The first-order chi connectivity index (χ1) is 11.5. The Hall–Kier alpha value is -2.22. The number of benzene rings is 2. The molecule has 0 saturated heterocycles. The molecule has 122 valence electrons. The Morgan fingerprint density at radius 1 is 0.667 bits per heavy atom. The van der Waals surface area contributed by atoms with Crippen LogP contribution in [-0.2, 0) is 9.59 Å². The monoisotopic (exact) mass is 318 g/mol. The van der Waals surface area contributed by atoms with Gasteiger partial charge in [0.15, 0.2) is 0 Å². The van der Waals surface area contributed by atoms with Crippen molar-refractivity contribution in [2.75, 3.05) is 0 Å². The second-order valence-corrected chi connectivity index (χ2v) is 7.59. The molecule has 0 aliphatic heterocycles. The Morgan fingerprint density at radius 2 is 1.00 bits per heavy atom. The van der Waals surface area contributed by atoms with Crippen LogP contribution in [0.1, 0.15) is 49.7 Å². The number of Topliss-reactive ketones (excluding diaryl/α,β-unsaturated/α-hetero) is 2. The lowest BCUT2D eigenvalue weighted by molar-refractivity contribution is -0.134. The molecule has 0 spiro atoms. The minimum Gasteiger partial charge on any atom is -0.299 e. The molecule has 0 radical (unpaired) electrons. The van der Waals surface area contributed by atoms with E-state index in [0.717, 1.165) is 11.1 Å². The van der Waals surface area contributed by atoms with Crippen LogP contribution in [-0.4, -0.2) is 11.6 Å². The topological polar surface area (TPSA) is 34.1 Å². The number of carbonyl (C=O) groups is 2. The third kappa shape index (κ3) is 1.77. The summed E-state index contributed by atoms with van der Waals surface area (Å²) in [6.07, 6.45) is 0.929. The Morgan fingerprint density at radius 3 is 1.33 bits per heavy atom. The maximum atomic E-state index is 13.1. The van der Waals surface area contributed by atoms with Crippen molar-refractivity contribution in [3.05, 3.63) is 71.8 Å². The summed E-state index contributed by atoms with van der Waals surface area (Å²) in [4.78, 5) is 26.3. The smallest absolute Gasteiger partial charge is 0.141 e. The normalized spacial score (nSPS) is 35.2. The van der Waals surface area contributed by atoms with E-state index >= 15 is 0 Å². The second kappa shape index (κ2) is 5.14. The predicted octanol–water partition coefficient (Wildman–Crippen LogP) is 4.51. The number of carbonyl (C=O) groups excluding carboxylic acids is 2. The molecule has 4 atom stereocenters. The number of ketones is 2. The van der Waals surface area contributed by atoms with Crippen LogP contribution in [0.25, 0.3) is 0 Å². The number of hydrogen-bond donors (Lipinski definition) is 0. The van der Waals surface area contributed by atoms with Gasteiger partial charge in [-0.05, 0) is 11.1 Å². The van der Waals surface area contributed by atoms with E-state index in [2.05, 4.69) is 24.3 Å². The molecule has 2 aliphatic carbocycles. The van der Waals surface area contributed by atoms with Crippen molar-refractivity contribution in [2.24, 2.45) is 10.8 Å². The molecule has 0 unspecified atom stereocenters. The van der Waals surface area contributed by atoms with Gasteiger partial charge in [0, 0.05) is 35.5 Å². The predicted molar refractivity (Wildman–Crippen MR) is 93.8 cm³/mol. The first-order valence-corrected chi connectivity index (χ1v) is 8.66. The molecule has 0 bridgehead atoms. The lowest BCUT2D eigenvalue weighted by Gasteiger charge is -2.39. The molecule has 0 aromatic heterocycles. The molecular formula is C22H22O2. The Kier molecular flexibility index (Phi) is 3.28. The first kappa shape index (κ1) is 15.3. The summed E-state index contributed by atoms with van der Waals surface area (Å²) in [6.45, 7) is 4.06. The van der Waals surface area contributed by atoms with Crippen molar-refractivity contribution in [1.29, 1.82) is 0 Å². The van der Waals surface area contributed by atoms with Crippen LogP contribution in [0.5, 0.6) is 0 Å². The summed E-state index contributed by atoms with van der Waals surface area (Å²) in [5.74, 6) is 0.437. The molecule has 24 heavy (non-hydrogen) atoms. The molecule has 4 rings (SSSR count). The van der Waals surface area contributed by atoms with Crippen LogP contribution < -0.4 is 0 Å². The van der Waals surface area contributed by atoms with Gasteiger partial charge in [-0.1, -0.05) is 74.5 Å². The van der Waals surface area contributed by atoms with E-state index in [4.69, 9.17) is 0 Å². The van der Waals surface area contributed by atoms with Crippen LogP contribution in [0, 0.1) is 10.8 Å². The molecule has 2 aliphatic rings. The second-order valence-electron chi connectivity index (χ2n) is 7.59. The van der Waals surface area contributed by atoms with Crippen LogP contribution >= 0.6 is 0 Å². The van der Waals surface area contributed by atoms with Crippen molar-refractivity contribution in [3.63, 3.8) is 0 Å². The van der Waals surface area contributed by atoms with Gasteiger partial charge in [0.2, 0.25) is 0 Å². The molecule has 2 fully saturated rings. The fraction of sp³-hybridized carbons (Fsp3) is 0.364. The molecule has 2 nitrogen and oxygen atoms in total. The average molecular weight is 318 g/mol. The molecular weight excluding hydrogens is 296 g/mol. The van der Waals surface area contributed by atoms with E-state index in [-0.39, 0.29) is 23.4 Å². The third-order valence-corrected chi connectivity index (χ3v) is 6.81. The number of rotatable bonds is 2. The lowest BCUT2D eigenvalue weighted by atomic mass is 9.61. The van der Waals surface area contributed by atoms with Gasteiger partial charge in [-0.15, -0.1) is 0 Å². The van der Waals surface area contributed by atoms with Crippen molar-refractivity contribution < 1.29 is 9.59 Å². The standard InChI is InChI=1S/C22H22O2/c1-21-17(15-9-5-3-6-10-15)13-20(24)22(21,2)18(14-19(21)23)16-11-7-4-8-12-16/h3-12,17-18H,13-14H2,1-2H3/t17-,18-,21+,22+/m0/s1. The van der Waals surface area contributed by atoms with Crippen LogP contribution in [0.4, 0.5) is 0 Å². The van der Waals surface area contributed by atoms with Gasteiger partial charge in [-0.25, -0.2) is 0 Å². The van der Waals surface area contributed by atoms with Gasteiger partial charge < -0.3 is 0 Å². The highest BCUT2D eigenvalue weighted by Crippen LogP contribution is 2.69. The van der Waals surface area contributed by atoms with Crippen LogP contribution in [0.3, 0.4) is 0 Å². The largest absolute Gasteiger partial charge is 0.299 e. The summed E-state index contributed by atoms with van der Waals surface area (Å²) in [6, 6.07) is 20.1. The summed E-state index contributed by atoms with van der Waals surface area (Å²) < 4.78 is 0. The van der Waals surface area contributed by atoms with E-state index in [1.165, 1.54) is 0 Å². The molecule has 0 heterocycles. The Labute approximate surface area is 142 Å². The zero-order valence-electron chi connectivity index (χ0n) is 14.2. The number of fused-ring (bicyclic) bond motifs is 1. The number of hydrogen-bond acceptors (Lipinski definition) is 2. The van der Waals surface area contributed by atoms with E-state index in [0.29, 0.717) is 12.8 Å².